The Morgan fingerprint density at radius 2 is 1.93 bits per heavy atom. The Morgan fingerprint density at radius 3 is 2.56 bits per heavy atom. The first-order chi connectivity index (χ1) is 12.7. The molecular weight excluding hydrogens is 366 g/mol. The van der Waals surface area contributed by atoms with Gasteiger partial charge in [-0.2, -0.15) is 0 Å². The van der Waals surface area contributed by atoms with Gasteiger partial charge in [0, 0.05) is 24.4 Å². The Hall–Kier alpha value is -2.87. The van der Waals surface area contributed by atoms with E-state index < -0.39 is 10.8 Å². The van der Waals surface area contributed by atoms with Crippen molar-refractivity contribution in [2.24, 2.45) is 0 Å². The number of hydrogen-bond donors (Lipinski definition) is 1. The fourth-order valence-electron chi connectivity index (χ4n) is 2.55. The first-order valence-corrected chi connectivity index (χ1v) is 9.41. The number of nitro benzene ring substituents is 1. The molecule has 2 aromatic rings. The van der Waals surface area contributed by atoms with Crippen LogP contribution >= 0.6 is 11.8 Å². The standard InChI is InChI=1S/C19H21N3O4S/c1-12-6-5-7-15(13(12)2)20-18(23)11-21(3)19(24)14-8-9-17(27-4)16(10-14)22(25)26/h5-10H,11H2,1-4H3,(H,20,23). The average Bonchev–Trinajstić information content (AvgIpc) is 2.64. The lowest BCUT2D eigenvalue weighted by Gasteiger charge is -2.18. The fourth-order valence-corrected chi connectivity index (χ4v) is 3.10. The smallest absolute Gasteiger partial charge is 0.283 e. The average molecular weight is 387 g/mol. The van der Waals surface area contributed by atoms with E-state index in [0.717, 1.165) is 11.1 Å². The number of carbonyl (C=O) groups excluding carboxylic acids is 2. The highest BCUT2D eigenvalue weighted by Gasteiger charge is 2.20. The maximum atomic E-state index is 12.5. The van der Waals surface area contributed by atoms with E-state index in [9.17, 15) is 19.7 Å². The Bertz CT molecular complexity index is 899. The van der Waals surface area contributed by atoms with Gasteiger partial charge in [0.15, 0.2) is 0 Å². The molecule has 0 fully saturated rings. The second-order valence-corrected chi connectivity index (χ2v) is 6.95. The van der Waals surface area contributed by atoms with E-state index in [1.807, 2.05) is 26.0 Å². The number of amides is 2. The SMILES string of the molecule is CSc1ccc(C(=O)N(C)CC(=O)Nc2cccc(C)c2C)cc1[N+](=O)[O-]. The molecule has 27 heavy (non-hydrogen) atoms. The summed E-state index contributed by atoms with van der Waals surface area (Å²) in [4.78, 5) is 37.2. The third-order valence-electron chi connectivity index (χ3n) is 4.23. The number of nitrogens with one attached hydrogen (secondary N) is 1. The highest BCUT2D eigenvalue weighted by Crippen LogP contribution is 2.28. The van der Waals surface area contributed by atoms with Crippen LogP contribution in [0.25, 0.3) is 0 Å². The van der Waals surface area contributed by atoms with Crippen LogP contribution in [0.1, 0.15) is 21.5 Å². The summed E-state index contributed by atoms with van der Waals surface area (Å²) in [6, 6.07) is 9.91. The van der Waals surface area contributed by atoms with Crippen molar-refractivity contribution in [2.45, 2.75) is 18.7 Å². The molecule has 0 spiro atoms. The summed E-state index contributed by atoms with van der Waals surface area (Å²) in [5, 5.41) is 14.0. The van der Waals surface area contributed by atoms with Crippen LogP contribution in [-0.2, 0) is 4.79 Å². The van der Waals surface area contributed by atoms with E-state index in [1.54, 1.807) is 18.4 Å². The molecule has 0 aliphatic heterocycles. The molecule has 0 bridgehead atoms. The summed E-state index contributed by atoms with van der Waals surface area (Å²) in [5.41, 5.74) is 2.76. The zero-order chi connectivity index (χ0) is 20.1. The zero-order valence-electron chi connectivity index (χ0n) is 15.6. The van der Waals surface area contributed by atoms with E-state index in [1.165, 1.54) is 35.8 Å². The van der Waals surface area contributed by atoms with Crippen LogP contribution in [0.3, 0.4) is 0 Å². The van der Waals surface area contributed by atoms with Crippen molar-refractivity contribution in [3.05, 3.63) is 63.2 Å². The predicted octanol–water partition coefficient (Wildman–Crippen LogP) is 3.64. The van der Waals surface area contributed by atoms with E-state index >= 15 is 0 Å². The molecule has 0 atom stereocenters. The summed E-state index contributed by atoms with van der Waals surface area (Å²) in [5.74, 6) is -0.795. The molecule has 142 valence electrons. The van der Waals surface area contributed by atoms with Gasteiger partial charge in [0.2, 0.25) is 5.91 Å². The summed E-state index contributed by atoms with van der Waals surface area (Å²) in [7, 11) is 1.49. The lowest BCUT2D eigenvalue weighted by atomic mass is 10.1. The molecule has 7 nitrogen and oxygen atoms in total. The van der Waals surface area contributed by atoms with Crippen molar-refractivity contribution in [1.29, 1.82) is 0 Å². The first-order valence-electron chi connectivity index (χ1n) is 8.18. The Balaban J connectivity index is 2.11. The van der Waals surface area contributed by atoms with Gasteiger partial charge in [-0.05, 0) is 49.4 Å². The van der Waals surface area contributed by atoms with Gasteiger partial charge in [-0.1, -0.05) is 12.1 Å². The van der Waals surface area contributed by atoms with E-state index in [-0.39, 0.29) is 23.7 Å². The molecule has 0 aliphatic rings. The summed E-state index contributed by atoms with van der Waals surface area (Å²) >= 11 is 1.24. The number of benzene rings is 2. The van der Waals surface area contributed by atoms with Gasteiger partial charge in [-0.3, -0.25) is 19.7 Å². The van der Waals surface area contributed by atoms with Gasteiger partial charge < -0.3 is 10.2 Å². The lowest BCUT2D eigenvalue weighted by Crippen LogP contribution is -2.35. The fraction of sp³-hybridized carbons (Fsp3) is 0.263. The molecule has 8 heteroatoms. The molecule has 0 aliphatic carbocycles. The van der Waals surface area contributed by atoms with Crippen molar-refractivity contribution in [3.63, 3.8) is 0 Å². The van der Waals surface area contributed by atoms with Crippen LogP contribution in [0.2, 0.25) is 0 Å². The lowest BCUT2D eigenvalue weighted by molar-refractivity contribution is -0.387. The minimum atomic E-state index is -0.518. The number of carbonyl (C=O) groups is 2. The summed E-state index contributed by atoms with van der Waals surface area (Å²) < 4.78 is 0. The molecule has 0 radical (unpaired) electrons. The zero-order valence-corrected chi connectivity index (χ0v) is 16.4. The van der Waals surface area contributed by atoms with E-state index in [0.29, 0.717) is 10.6 Å². The van der Waals surface area contributed by atoms with Crippen molar-refractivity contribution in [3.8, 4) is 0 Å². The number of nitro groups is 1. The first kappa shape index (κ1) is 20.4. The van der Waals surface area contributed by atoms with Gasteiger partial charge in [0.05, 0.1) is 16.4 Å². The minimum Gasteiger partial charge on any atom is -0.332 e. The van der Waals surface area contributed by atoms with Crippen LogP contribution in [0.15, 0.2) is 41.3 Å². The number of rotatable bonds is 6. The molecule has 0 unspecified atom stereocenters. The quantitative estimate of drug-likeness (QED) is 0.464. The second-order valence-electron chi connectivity index (χ2n) is 6.10. The highest BCUT2D eigenvalue weighted by molar-refractivity contribution is 7.98. The van der Waals surface area contributed by atoms with Crippen LogP contribution in [0, 0.1) is 24.0 Å². The topological polar surface area (TPSA) is 92.6 Å². The molecule has 0 saturated heterocycles. The van der Waals surface area contributed by atoms with Crippen LogP contribution < -0.4 is 5.32 Å². The van der Waals surface area contributed by atoms with Crippen molar-refractivity contribution >= 4 is 35.0 Å². The monoisotopic (exact) mass is 387 g/mol. The number of anilines is 1. The number of nitrogens with zero attached hydrogens (tertiary/aromatic N) is 2. The van der Waals surface area contributed by atoms with Gasteiger partial charge in [-0.15, -0.1) is 11.8 Å². The van der Waals surface area contributed by atoms with Crippen molar-refractivity contribution in [2.75, 3.05) is 25.2 Å². The molecule has 2 rings (SSSR count). The number of thioether (sulfide) groups is 1. The Kier molecular flexibility index (Phi) is 6.57. The Labute approximate surface area is 161 Å². The number of likely N-dealkylation sites (N-methyl/N-ethyl adjacent to an activating group) is 1. The molecular formula is C19H21N3O4S. The van der Waals surface area contributed by atoms with Gasteiger partial charge in [0.1, 0.15) is 0 Å². The van der Waals surface area contributed by atoms with E-state index in [4.69, 9.17) is 0 Å². The minimum absolute atomic E-state index is 0.124. The molecule has 0 saturated carbocycles. The normalized spacial score (nSPS) is 10.4. The second kappa shape index (κ2) is 8.68. The Morgan fingerprint density at radius 1 is 1.22 bits per heavy atom. The largest absolute Gasteiger partial charge is 0.332 e. The van der Waals surface area contributed by atoms with Crippen molar-refractivity contribution < 1.29 is 14.5 Å². The maximum absolute atomic E-state index is 12.5. The summed E-state index contributed by atoms with van der Waals surface area (Å²) in [6.07, 6.45) is 1.73. The third kappa shape index (κ3) is 4.85. The molecule has 2 aromatic carbocycles. The third-order valence-corrected chi connectivity index (χ3v) is 5.01. The number of aryl methyl sites for hydroxylation is 1. The van der Waals surface area contributed by atoms with Gasteiger partial charge in [0.25, 0.3) is 11.6 Å². The molecule has 0 aromatic heterocycles. The predicted molar refractivity (Wildman–Crippen MR) is 106 cm³/mol. The van der Waals surface area contributed by atoms with Crippen LogP contribution in [0.5, 0.6) is 0 Å². The van der Waals surface area contributed by atoms with Crippen LogP contribution in [-0.4, -0.2) is 41.5 Å². The maximum Gasteiger partial charge on any atom is 0.283 e. The van der Waals surface area contributed by atoms with Gasteiger partial charge in [-0.25, -0.2) is 0 Å². The molecule has 0 heterocycles. The van der Waals surface area contributed by atoms with Crippen molar-refractivity contribution in [1.82, 2.24) is 4.90 Å². The highest BCUT2D eigenvalue weighted by atomic mass is 32.2. The molecule has 2 amide bonds. The summed E-state index contributed by atoms with van der Waals surface area (Å²) in [6.45, 7) is 3.70. The van der Waals surface area contributed by atoms with Gasteiger partial charge >= 0.3 is 0 Å². The van der Waals surface area contributed by atoms with E-state index in [2.05, 4.69) is 5.32 Å². The molecule has 1 N–H and O–H groups in total. The van der Waals surface area contributed by atoms with Crippen LogP contribution in [0.4, 0.5) is 11.4 Å². The number of hydrogen-bond acceptors (Lipinski definition) is 5.